The van der Waals surface area contributed by atoms with E-state index in [1.165, 1.54) is 17.0 Å². The Morgan fingerprint density at radius 1 is 1.18 bits per heavy atom. The van der Waals surface area contributed by atoms with Gasteiger partial charge in [-0.1, -0.05) is 32.4 Å². The van der Waals surface area contributed by atoms with Crippen molar-refractivity contribution >= 4 is 23.7 Å². The highest BCUT2D eigenvalue weighted by atomic mass is 16.4. The molecule has 3 amide bonds. The van der Waals surface area contributed by atoms with Crippen molar-refractivity contribution in [3.8, 4) is 5.75 Å². The Morgan fingerprint density at radius 2 is 1.82 bits per heavy atom. The Labute approximate surface area is 198 Å². The molecule has 5 unspecified atom stereocenters. The predicted octanol–water partition coefficient (Wildman–Crippen LogP) is -0.654. The molecule has 1 aromatic carbocycles. The molecule has 0 radical (unpaired) electrons. The molecule has 34 heavy (non-hydrogen) atoms. The number of aromatic hydroxyl groups is 1. The van der Waals surface area contributed by atoms with Crippen LogP contribution in [0.4, 0.5) is 0 Å². The molecular weight excluding hydrogens is 444 g/mol. The van der Waals surface area contributed by atoms with E-state index in [1.807, 2.05) is 6.92 Å². The van der Waals surface area contributed by atoms with Crippen LogP contribution >= 0.6 is 0 Å². The molecular formula is C23H34N4O7. The van der Waals surface area contributed by atoms with Gasteiger partial charge in [-0.15, -0.1) is 0 Å². The SMILES string of the molecule is CCC(C)C(NC(=O)C(N)CO)C(=O)N1CCCC1C(=O)NC(Cc1ccc(O)cc1)C(=O)O. The van der Waals surface area contributed by atoms with Crippen LogP contribution in [0, 0.1) is 5.92 Å². The molecule has 1 fully saturated rings. The van der Waals surface area contributed by atoms with Crippen LogP contribution < -0.4 is 16.4 Å². The second-order valence-corrected chi connectivity index (χ2v) is 8.62. The molecule has 0 aliphatic carbocycles. The summed E-state index contributed by atoms with van der Waals surface area (Å²) in [5.41, 5.74) is 6.19. The van der Waals surface area contributed by atoms with Gasteiger partial charge in [-0.05, 0) is 36.5 Å². The smallest absolute Gasteiger partial charge is 0.326 e. The number of hydrogen-bond donors (Lipinski definition) is 6. The lowest BCUT2D eigenvalue weighted by Gasteiger charge is -2.32. The molecule has 11 heteroatoms. The number of phenolic OH excluding ortho intramolecular Hbond substituents is 1. The Morgan fingerprint density at radius 3 is 2.38 bits per heavy atom. The number of aliphatic carboxylic acids is 1. The third kappa shape index (κ3) is 6.91. The van der Waals surface area contributed by atoms with E-state index in [0.29, 0.717) is 31.4 Å². The lowest BCUT2D eigenvalue weighted by molar-refractivity contribution is -0.145. The quantitative estimate of drug-likeness (QED) is 0.242. The minimum Gasteiger partial charge on any atom is -0.508 e. The number of aliphatic hydroxyl groups excluding tert-OH is 1. The molecule has 1 aliphatic heterocycles. The number of nitrogens with one attached hydrogen (secondary N) is 2. The van der Waals surface area contributed by atoms with Gasteiger partial charge in [0.1, 0.15) is 29.9 Å². The summed E-state index contributed by atoms with van der Waals surface area (Å²) < 4.78 is 0. The largest absolute Gasteiger partial charge is 0.508 e. The Kier molecular flexibility index (Phi) is 9.82. The van der Waals surface area contributed by atoms with Gasteiger partial charge in [0.05, 0.1) is 6.61 Å². The summed E-state index contributed by atoms with van der Waals surface area (Å²) in [7, 11) is 0. The van der Waals surface area contributed by atoms with E-state index in [9.17, 15) is 29.4 Å². The number of carbonyl (C=O) groups excluding carboxylic acids is 3. The van der Waals surface area contributed by atoms with Gasteiger partial charge in [0, 0.05) is 13.0 Å². The molecule has 1 saturated heterocycles. The zero-order valence-corrected chi connectivity index (χ0v) is 19.4. The number of likely N-dealkylation sites (tertiary alicyclic amines) is 1. The third-order valence-corrected chi connectivity index (χ3v) is 6.14. The summed E-state index contributed by atoms with van der Waals surface area (Å²) in [6.45, 7) is 3.37. The van der Waals surface area contributed by atoms with E-state index < -0.39 is 54.5 Å². The first kappa shape index (κ1) is 27.1. The first-order valence-electron chi connectivity index (χ1n) is 11.4. The maximum Gasteiger partial charge on any atom is 0.326 e. The number of benzene rings is 1. The van der Waals surface area contributed by atoms with Gasteiger partial charge in [-0.2, -0.15) is 0 Å². The van der Waals surface area contributed by atoms with Crippen LogP contribution in [0.25, 0.3) is 0 Å². The third-order valence-electron chi connectivity index (χ3n) is 6.14. The van der Waals surface area contributed by atoms with Crippen molar-refractivity contribution in [3.63, 3.8) is 0 Å². The highest BCUT2D eigenvalue weighted by Gasteiger charge is 2.40. The molecule has 7 N–H and O–H groups in total. The van der Waals surface area contributed by atoms with Crippen LogP contribution in [-0.2, 0) is 25.6 Å². The van der Waals surface area contributed by atoms with Gasteiger partial charge in [-0.3, -0.25) is 14.4 Å². The van der Waals surface area contributed by atoms with Crippen molar-refractivity contribution in [2.75, 3.05) is 13.2 Å². The number of rotatable bonds is 11. The summed E-state index contributed by atoms with van der Waals surface area (Å²) >= 11 is 0. The summed E-state index contributed by atoms with van der Waals surface area (Å²) in [5.74, 6) is -3.13. The molecule has 0 aromatic heterocycles. The molecule has 11 nitrogen and oxygen atoms in total. The number of phenols is 1. The maximum absolute atomic E-state index is 13.3. The number of aliphatic hydroxyl groups is 1. The van der Waals surface area contributed by atoms with E-state index in [2.05, 4.69) is 10.6 Å². The molecule has 1 aliphatic rings. The van der Waals surface area contributed by atoms with Crippen LogP contribution in [0.15, 0.2) is 24.3 Å². The first-order chi connectivity index (χ1) is 16.1. The van der Waals surface area contributed by atoms with Gasteiger partial charge in [0.25, 0.3) is 0 Å². The number of amides is 3. The van der Waals surface area contributed by atoms with Gasteiger partial charge in [0.15, 0.2) is 0 Å². The average Bonchev–Trinajstić information content (AvgIpc) is 3.31. The number of carbonyl (C=O) groups is 4. The van der Waals surface area contributed by atoms with Gasteiger partial charge < -0.3 is 36.6 Å². The van der Waals surface area contributed by atoms with Crippen molar-refractivity contribution < 1.29 is 34.5 Å². The minimum absolute atomic E-state index is 0.00657. The molecule has 1 aromatic rings. The fourth-order valence-corrected chi connectivity index (χ4v) is 3.84. The van der Waals surface area contributed by atoms with E-state index in [-0.39, 0.29) is 18.1 Å². The lowest BCUT2D eigenvalue weighted by atomic mass is 9.97. The zero-order valence-electron chi connectivity index (χ0n) is 19.4. The van der Waals surface area contributed by atoms with Crippen molar-refractivity contribution in [2.24, 2.45) is 11.7 Å². The van der Waals surface area contributed by atoms with Crippen LogP contribution in [0.5, 0.6) is 5.75 Å². The highest BCUT2D eigenvalue weighted by molar-refractivity contribution is 5.94. The number of carboxylic acid groups (broad SMARTS) is 1. The second-order valence-electron chi connectivity index (χ2n) is 8.62. The lowest BCUT2D eigenvalue weighted by Crippen LogP contribution is -2.58. The number of nitrogens with zero attached hydrogens (tertiary/aromatic N) is 1. The summed E-state index contributed by atoms with van der Waals surface area (Å²) in [4.78, 5) is 51.7. The van der Waals surface area contributed by atoms with Gasteiger partial charge in [-0.25, -0.2) is 4.79 Å². The maximum atomic E-state index is 13.3. The van der Waals surface area contributed by atoms with E-state index in [1.54, 1.807) is 19.1 Å². The van der Waals surface area contributed by atoms with E-state index >= 15 is 0 Å². The molecule has 0 bridgehead atoms. The van der Waals surface area contributed by atoms with Crippen LogP contribution in [0.1, 0.15) is 38.7 Å². The number of nitrogens with two attached hydrogens (primary N) is 1. The van der Waals surface area contributed by atoms with E-state index in [4.69, 9.17) is 10.8 Å². The van der Waals surface area contributed by atoms with Gasteiger partial charge in [0.2, 0.25) is 17.7 Å². The van der Waals surface area contributed by atoms with Gasteiger partial charge >= 0.3 is 5.97 Å². The van der Waals surface area contributed by atoms with E-state index in [0.717, 1.165) is 0 Å². The Hall–Kier alpha value is -3.18. The fourth-order valence-electron chi connectivity index (χ4n) is 3.84. The molecule has 0 spiro atoms. The molecule has 0 saturated carbocycles. The Bertz CT molecular complexity index is 877. The number of hydrogen-bond acceptors (Lipinski definition) is 7. The summed E-state index contributed by atoms with van der Waals surface area (Å²) in [6, 6.07) is 1.80. The minimum atomic E-state index is -1.22. The van der Waals surface area contributed by atoms with Crippen LogP contribution in [0.3, 0.4) is 0 Å². The molecule has 2 rings (SSSR count). The standard InChI is InChI=1S/C23H34N4O7/c1-3-13(2)19(26-20(30)16(24)12-28)22(32)27-10-4-5-18(27)21(31)25-17(23(33)34)11-14-6-8-15(29)9-7-14/h6-9,13,16-19,28-29H,3-5,10-12,24H2,1-2H3,(H,25,31)(H,26,30)(H,33,34). The monoisotopic (exact) mass is 478 g/mol. The molecule has 1 heterocycles. The second kappa shape index (κ2) is 12.3. The zero-order chi connectivity index (χ0) is 25.4. The first-order valence-corrected chi connectivity index (χ1v) is 11.4. The number of carboxylic acids is 1. The topological polar surface area (TPSA) is 182 Å². The van der Waals surface area contributed by atoms with Crippen LogP contribution in [-0.4, -0.2) is 81.2 Å². The van der Waals surface area contributed by atoms with Crippen molar-refractivity contribution in [1.82, 2.24) is 15.5 Å². The molecule has 5 atom stereocenters. The predicted molar refractivity (Wildman–Crippen MR) is 123 cm³/mol. The van der Waals surface area contributed by atoms with Crippen molar-refractivity contribution in [3.05, 3.63) is 29.8 Å². The highest BCUT2D eigenvalue weighted by Crippen LogP contribution is 2.22. The average molecular weight is 479 g/mol. The van der Waals surface area contributed by atoms with Crippen molar-refractivity contribution in [1.29, 1.82) is 0 Å². The van der Waals surface area contributed by atoms with Crippen molar-refractivity contribution in [2.45, 2.75) is 63.7 Å². The molecule has 188 valence electrons. The van der Waals surface area contributed by atoms with Crippen LogP contribution in [0.2, 0.25) is 0 Å². The summed E-state index contributed by atoms with van der Waals surface area (Å²) in [6.07, 6.45) is 1.49. The summed E-state index contributed by atoms with van der Waals surface area (Å²) in [5, 5.41) is 33.2. The fraction of sp³-hybridized carbons (Fsp3) is 0.565. The normalized spacial score (nSPS) is 19.1. The Balaban J connectivity index is 2.14.